The minimum absolute atomic E-state index is 0.0466. The van der Waals surface area contributed by atoms with Crippen LogP contribution in [-0.2, 0) is 11.2 Å². The molecule has 0 radical (unpaired) electrons. The zero-order valence-electron chi connectivity index (χ0n) is 14.3. The number of hydrogen-bond donors (Lipinski definition) is 2. The topological polar surface area (TPSA) is 71.1 Å². The molecule has 5 nitrogen and oxygen atoms in total. The Labute approximate surface area is 160 Å². The van der Waals surface area contributed by atoms with Crippen LogP contribution < -0.4 is 10.6 Å². The molecular weight excluding hydrogens is 366 g/mol. The number of amides is 2. The maximum absolute atomic E-state index is 12.3. The third kappa shape index (κ3) is 5.24. The van der Waals surface area contributed by atoms with E-state index in [4.69, 9.17) is 0 Å². The Morgan fingerprint density at radius 1 is 1.12 bits per heavy atom. The summed E-state index contributed by atoms with van der Waals surface area (Å²) in [6, 6.07) is 11.0. The molecule has 3 aromatic rings. The number of carbonyl (C=O) groups excluding carboxylic acids is 2. The first-order valence-corrected chi connectivity index (χ1v) is 10.0. The van der Waals surface area contributed by atoms with E-state index in [1.807, 2.05) is 23.8 Å². The highest BCUT2D eigenvalue weighted by Crippen LogP contribution is 2.18. The Morgan fingerprint density at radius 3 is 2.73 bits per heavy atom. The quantitative estimate of drug-likeness (QED) is 0.618. The molecule has 3 rings (SSSR count). The van der Waals surface area contributed by atoms with Gasteiger partial charge in [0, 0.05) is 27.9 Å². The molecule has 0 saturated carbocycles. The lowest BCUT2D eigenvalue weighted by atomic mass is 10.1. The standard InChI is InChI=1S/C19H19N3O2S2/c1-13-12-26-19(20-13)22-18(24)14-5-2-6-15(11-14)21-17(23)9-3-7-16-8-4-10-25-16/h2,4-6,8,10-12H,3,7,9H2,1H3,(H,21,23)(H,20,22,24). The number of thiazole rings is 1. The second kappa shape index (κ2) is 8.73. The number of aromatic nitrogens is 1. The largest absolute Gasteiger partial charge is 0.326 e. The SMILES string of the molecule is Cc1csc(NC(=O)c2cccc(NC(=O)CCCc3cccs3)c2)n1. The zero-order valence-corrected chi connectivity index (χ0v) is 16.0. The monoisotopic (exact) mass is 385 g/mol. The van der Waals surface area contributed by atoms with E-state index in [1.54, 1.807) is 35.6 Å². The van der Waals surface area contributed by atoms with Gasteiger partial charge in [0.2, 0.25) is 5.91 Å². The fraction of sp³-hybridized carbons (Fsp3) is 0.211. The molecule has 2 aromatic heterocycles. The van der Waals surface area contributed by atoms with E-state index in [9.17, 15) is 9.59 Å². The Bertz CT molecular complexity index is 888. The van der Waals surface area contributed by atoms with Gasteiger partial charge in [-0.3, -0.25) is 14.9 Å². The van der Waals surface area contributed by atoms with Crippen LogP contribution in [-0.4, -0.2) is 16.8 Å². The highest BCUT2D eigenvalue weighted by molar-refractivity contribution is 7.14. The van der Waals surface area contributed by atoms with Crippen molar-refractivity contribution in [3.63, 3.8) is 0 Å². The van der Waals surface area contributed by atoms with Gasteiger partial charge in [-0.25, -0.2) is 4.98 Å². The fourth-order valence-electron chi connectivity index (χ4n) is 2.42. The van der Waals surface area contributed by atoms with Gasteiger partial charge in [-0.1, -0.05) is 12.1 Å². The third-order valence-corrected chi connectivity index (χ3v) is 5.47. The van der Waals surface area contributed by atoms with Crippen molar-refractivity contribution < 1.29 is 9.59 Å². The molecule has 134 valence electrons. The van der Waals surface area contributed by atoms with Crippen LogP contribution in [0, 0.1) is 6.92 Å². The van der Waals surface area contributed by atoms with E-state index in [1.165, 1.54) is 16.2 Å². The summed E-state index contributed by atoms with van der Waals surface area (Å²) in [6.45, 7) is 1.88. The van der Waals surface area contributed by atoms with Crippen molar-refractivity contribution in [2.45, 2.75) is 26.2 Å². The van der Waals surface area contributed by atoms with Crippen LogP contribution >= 0.6 is 22.7 Å². The number of aryl methyl sites for hydroxylation is 2. The van der Waals surface area contributed by atoms with Crippen molar-refractivity contribution in [1.82, 2.24) is 4.98 Å². The Hall–Kier alpha value is -2.51. The number of thiophene rings is 1. The number of hydrogen-bond acceptors (Lipinski definition) is 5. The van der Waals surface area contributed by atoms with Crippen LogP contribution in [0.2, 0.25) is 0 Å². The minimum atomic E-state index is -0.242. The number of benzene rings is 1. The first-order valence-electron chi connectivity index (χ1n) is 8.26. The van der Waals surface area contributed by atoms with Gasteiger partial charge in [-0.15, -0.1) is 22.7 Å². The summed E-state index contributed by atoms with van der Waals surface area (Å²) < 4.78 is 0. The molecule has 0 unspecified atom stereocenters. The molecule has 7 heteroatoms. The van der Waals surface area contributed by atoms with E-state index in [0.717, 1.165) is 18.5 Å². The first kappa shape index (κ1) is 18.3. The Morgan fingerprint density at radius 2 is 2.00 bits per heavy atom. The highest BCUT2D eigenvalue weighted by atomic mass is 32.1. The lowest BCUT2D eigenvalue weighted by molar-refractivity contribution is -0.116. The van der Waals surface area contributed by atoms with Gasteiger partial charge in [-0.2, -0.15) is 0 Å². The second-order valence-corrected chi connectivity index (χ2v) is 7.70. The Kier molecular flexibility index (Phi) is 6.14. The van der Waals surface area contributed by atoms with Crippen molar-refractivity contribution in [2.24, 2.45) is 0 Å². The molecule has 0 fully saturated rings. The summed E-state index contributed by atoms with van der Waals surface area (Å²) in [5.74, 6) is -0.289. The smallest absolute Gasteiger partial charge is 0.257 e. The predicted molar refractivity (Wildman–Crippen MR) is 107 cm³/mol. The maximum Gasteiger partial charge on any atom is 0.257 e. The number of carbonyl (C=O) groups is 2. The van der Waals surface area contributed by atoms with E-state index in [0.29, 0.717) is 22.8 Å². The molecular formula is C19H19N3O2S2. The molecule has 0 atom stereocenters. The molecule has 2 N–H and O–H groups in total. The molecule has 0 aliphatic heterocycles. The fourth-order valence-corrected chi connectivity index (χ4v) is 3.85. The van der Waals surface area contributed by atoms with Crippen molar-refractivity contribution in [3.05, 3.63) is 63.3 Å². The molecule has 1 aromatic carbocycles. The van der Waals surface area contributed by atoms with Crippen molar-refractivity contribution in [2.75, 3.05) is 10.6 Å². The molecule has 0 spiro atoms. The molecule has 2 heterocycles. The van der Waals surface area contributed by atoms with E-state index >= 15 is 0 Å². The average Bonchev–Trinajstić information content (AvgIpc) is 3.27. The van der Waals surface area contributed by atoms with Crippen LogP contribution in [0.25, 0.3) is 0 Å². The van der Waals surface area contributed by atoms with Gasteiger partial charge in [0.25, 0.3) is 5.91 Å². The Balaban J connectivity index is 1.52. The lowest BCUT2D eigenvalue weighted by Crippen LogP contribution is -2.14. The van der Waals surface area contributed by atoms with Crippen LogP contribution in [0.1, 0.15) is 33.8 Å². The summed E-state index contributed by atoms with van der Waals surface area (Å²) in [6.07, 6.45) is 2.16. The maximum atomic E-state index is 12.3. The molecule has 2 amide bonds. The molecule has 26 heavy (non-hydrogen) atoms. The van der Waals surface area contributed by atoms with Crippen LogP contribution in [0.4, 0.5) is 10.8 Å². The van der Waals surface area contributed by atoms with Crippen molar-refractivity contribution in [3.8, 4) is 0 Å². The van der Waals surface area contributed by atoms with Crippen molar-refractivity contribution in [1.29, 1.82) is 0 Å². The van der Waals surface area contributed by atoms with Gasteiger partial charge in [0.05, 0.1) is 5.69 Å². The van der Waals surface area contributed by atoms with Crippen LogP contribution in [0.15, 0.2) is 47.2 Å². The zero-order chi connectivity index (χ0) is 18.4. The van der Waals surface area contributed by atoms with Gasteiger partial charge < -0.3 is 5.32 Å². The van der Waals surface area contributed by atoms with E-state index in [-0.39, 0.29) is 11.8 Å². The van der Waals surface area contributed by atoms with E-state index < -0.39 is 0 Å². The first-order chi connectivity index (χ1) is 12.6. The summed E-state index contributed by atoms with van der Waals surface area (Å²) in [5.41, 5.74) is 1.97. The van der Waals surface area contributed by atoms with Gasteiger partial charge in [0.1, 0.15) is 0 Å². The normalized spacial score (nSPS) is 10.5. The van der Waals surface area contributed by atoms with E-state index in [2.05, 4.69) is 21.7 Å². The number of nitrogens with one attached hydrogen (secondary N) is 2. The van der Waals surface area contributed by atoms with Gasteiger partial charge >= 0.3 is 0 Å². The molecule has 0 bridgehead atoms. The molecule has 0 saturated heterocycles. The molecule has 0 aliphatic rings. The van der Waals surface area contributed by atoms with Crippen LogP contribution in [0.5, 0.6) is 0 Å². The van der Waals surface area contributed by atoms with Gasteiger partial charge in [0.15, 0.2) is 5.13 Å². The molecule has 0 aliphatic carbocycles. The second-order valence-electron chi connectivity index (χ2n) is 5.81. The number of rotatable bonds is 7. The van der Waals surface area contributed by atoms with Crippen LogP contribution in [0.3, 0.4) is 0 Å². The summed E-state index contributed by atoms with van der Waals surface area (Å²) in [7, 11) is 0. The number of anilines is 2. The van der Waals surface area contributed by atoms with Gasteiger partial charge in [-0.05, 0) is 49.4 Å². The average molecular weight is 386 g/mol. The third-order valence-electron chi connectivity index (χ3n) is 3.66. The minimum Gasteiger partial charge on any atom is -0.326 e. The van der Waals surface area contributed by atoms with Crippen molar-refractivity contribution >= 4 is 45.3 Å². The summed E-state index contributed by atoms with van der Waals surface area (Å²) in [5, 5.41) is 10.1. The number of nitrogens with zero attached hydrogens (tertiary/aromatic N) is 1. The summed E-state index contributed by atoms with van der Waals surface area (Å²) >= 11 is 3.09. The lowest BCUT2D eigenvalue weighted by Gasteiger charge is -2.07. The predicted octanol–water partition coefficient (Wildman–Crippen LogP) is 4.73. The highest BCUT2D eigenvalue weighted by Gasteiger charge is 2.10. The summed E-state index contributed by atoms with van der Waals surface area (Å²) in [4.78, 5) is 29.9.